The Morgan fingerprint density at radius 2 is 2.28 bits per heavy atom. The number of carbonyl (C=O) groups is 1. The van der Waals surface area contributed by atoms with Gasteiger partial charge in [0, 0.05) is 13.7 Å². The molecule has 0 spiro atoms. The summed E-state index contributed by atoms with van der Waals surface area (Å²) in [6.07, 6.45) is 0.0871. The molecule has 1 aliphatic rings. The molecule has 0 aliphatic carbocycles. The Labute approximate surface area is 105 Å². The van der Waals surface area contributed by atoms with Crippen LogP contribution in [0.3, 0.4) is 0 Å². The van der Waals surface area contributed by atoms with Crippen molar-refractivity contribution in [2.45, 2.75) is 12.5 Å². The first kappa shape index (κ1) is 12.8. The smallest absolute Gasteiger partial charge is 0.410 e. The summed E-state index contributed by atoms with van der Waals surface area (Å²) >= 11 is 0. The summed E-state index contributed by atoms with van der Waals surface area (Å²) in [5.41, 5.74) is 1.47. The van der Waals surface area contributed by atoms with Crippen LogP contribution in [0, 0.1) is 5.82 Å². The Kier molecular flexibility index (Phi) is 3.81. The third-order valence-electron chi connectivity index (χ3n) is 3.23. The van der Waals surface area contributed by atoms with Crippen LogP contribution in [0.4, 0.5) is 9.18 Å². The molecule has 0 N–H and O–H groups in total. The van der Waals surface area contributed by atoms with E-state index in [1.807, 2.05) is 6.07 Å². The quantitative estimate of drug-likeness (QED) is 0.810. The van der Waals surface area contributed by atoms with Crippen molar-refractivity contribution in [3.8, 4) is 0 Å². The number of hydrogen-bond donors (Lipinski definition) is 0. The van der Waals surface area contributed by atoms with Gasteiger partial charge < -0.3 is 9.47 Å². The number of benzene rings is 1. The molecule has 0 bridgehead atoms. The number of fused-ring (bicyclic) bond motifs is 1. The van der Waals surface area contributed by atoms with E-state index in [4.69, 9.17) is 9.47 Å². The average Bonchev–Trinajstić information content (AvgIpc) is 2.39. The molecule has 1 aliphatic heterocycles. The van der Waals surface area contributed by atoms with Gasteiger partial charge in [-0.3, -0.25) is 4.90 Å². The molecule has 1 aromatic carbocycles. The van der Waals surface area contributed by atoms with E-state index in [1.54, 1.807) is 18.1 Å². The Morgan fingerprint density at radius 1 is 1.50 bits per heavy atom. The van der Waals surface area contributed by atoms with Crippen molar-refractivity contribution in [2.24, 2.45) is 0 Å². The van der Waals surface area contributed by atoms with E-state index in [0.717, 1.165) is 5.56 Å². The van der Waals surface area contributed by atoms with Crippen LogP contribution < -0.4 is 0 Å². The van der Waals surface area contributed by atoms with Gasteiger partial charge in [-0.2, -0.15) is 0 Å². The zero-order valence-electron chi connectivity index (χ0n) is 10.5. The minimum atomic E-state index is -0.410. The van der Waals surface area contributed by atoms with Crippen LogP contribution >= 0.6 is 0 Å². The number of hydrogen-bond acceptors (Lipinski definition) is 3. The Balaban J connectivity index is 2.38. The molecule has 2 rings (SSSR count). The SMILES string of the molecule is COCC1c2cccc(F)c2CCN1C(=O)OC. The molecule has 1 atom stereocenters. The predicted molar refractivity (Wildman–Crippen MR) is 63.8 cm³/mol. The van der Waals surface area contributed by atoms with Gasteiger partial charge in [-0.25, -0.2) is 9.18 Å². The van der Waals surface area contributed by atoms with Gasteiger partial charge in [0.15, 0.2) is 0 Å². The standard InChI is InChI=1S/C13H16FNO3/c1-17-8-12-10-4-3-5-11(14)9(10)6-7-15(12)13(16)18-2/h3-5,12H,6-8H2,1-2H3. The van der Waals surface area contributed by atoms with E-state index in [2.05, 4.69) is 0 Å². The molecule has 1 aromatic rings. The highest BCUT2D eigenvalue weighted by Gasteiger charge is 2.32. The van der Waals surface area contributed by atoms with E-state index in [-0.39, 0.29) is 11.9 Å². The minimum absolute atomic E-state index is 0.224. The highest BCUT2D eigenvalue weighted by molar-refractivity contribution is 5.69. The Hall–Kier alpha value is -1.62. The van der Waals surface area contributed by atoms with Crippen LogP contribution in [0.5, 0.6) is 0 Å². The van der Waals surface area contributed by atoms with Gasteiger partial charge in [0.05, 0.1) is 19.8 Å². The van der Waals surface area contributed by atoms with Gasteiger partial charge in [0.1, 0.15) is 5.82 Å². The summed E-state index contributed by atoms with van der Waals surface area (Å²) in [5, 5.41) is 0. The minimum Gasteiger partial charge on any atom is -0.453 e. The molecule has 0 aromatic heterocycles. The zero-order valence-corrected chi connectivity index (χ0v) is 10.5. The lowest BCUT2D eigenvalue weighted by atomic mass is 9.93. The number of rotatable bonds is 2. The number of halogens is 1. The fraction of sp³-hybridized carbons (Fsp3) is 0.462. The van der Waals surface area contributed by atoms with Crippen molar-refractivity contribution in [1.29, 1.82) is 0 Å². The highest BCUT2D eigenvalue weighted by atomic mass is 19.1. The van der Waals surface area contributed by atoms with E-state index >= 15 is 0 Å². The van der Waals surface area contributed by atoms with Crippen LogP contribution in [0.15, 0.2) is 18.2 Å². The van der Waals surface area contributed by atoms with Crippen LogP contribution in [0.25, 0.3) is 0 Å². The number of methoxy groups -OCH3 is 2. The molecule has 1 amide bonds. The Morgan fingerprint density at radius 3 is 2.94 bits per heavy atom. The summed E-state index contributed by atoms with van der Waals surface area (Å²) < 4.78 is 23.6. The Bertz CT molecular complexity index is 450. The van der Waals surface area contributed by atoms with Crippen molar-refractivity contribution >= 4 is 6.09 Å². The third kappa shape index (κ3) is 2.18. The summed E-state index contributed by atoms with van der Waals surface area (Å²) in [6.45, 7) is 0.764. The fourth-order valence-electron chi connectivity index (χ4n) is 2.38. The highest BCUT2D eigenvalue weighted by Crippen LogP contribution is 2.31. The van der Waals surface area contributed by atoms with Crippen molar-refractivity contribution in [3.05, 3.63) is 35.1 Å². The lowest BCUT2D eigenvalue weighted by molar-refractivity contribution is 0.0638. The molecule has 1 heterocycles. The maximum atomic E-state index is 13.7. The first-order valence-electron chi connectivity index (χ1n) is 5.79. The molecule has 5 heteroatoms. The van der Waals surface area contributed by atoms with Crippen molar-refractivity contribution in [2.75, 3.05) is 27.4 Å². The maximum Gasteiger partial charge on any atom is 0.410 e. The second-order valence-electron chi connectivity index (χ2n) is 4.19. The summed E-state index contributed by atoms with van der Waals surface area (Å²) in [4.78, 5) is 13.3. The summed E-state index contributed by atoms with van der Waals surface area (Å²) in [5.74, 6) is -0.224. The van der Waals surface area contributed by atoms with Crippen molar-refractivity contribution < 1.29 is 18.7 Å². The summed E-state index contributed by atoms with van der Waals surface area (Å²) in [7, 11) is 2.90. The lowest BCUT2D eigenvalue weighted by Crippen LogP contribution is -2.42. The molecular weight excluding hydrogens is 237 g/mol. The topological polar surface area (TPSA) is 38.8 Å². The normalized spacial score (nSPS) is 18.4. The first-order valence-corrected chi connectivity index (χ1v) is 5.79. The van der Waals surface area contributed by atoms with Gasteiger partial charge in [-0.15, -0.1) is 0 Å². The average molecular weight is 253 g/mol. The second-order valence-corrected chi connectivity index (χ2v) is 4.19. The van der Waals surface area contributed by atoms with Crippen molar-refractivity contribution in [1.82, 2.24) is 4.90 Å². The number of ether oxygens (including phenoxy) is 2. The molecule has 0 saturated carbocycles. The molecule has 1 unspecified atom stereocenters. The zero-order chi connectivity index (χ0) is 13.1. The number of nitrogens with zero attached hydrogens (tertiary/aromatic N) is 1. The van der Waals surface area contributed by atoms with Crippen molar-refractivity contribution in [3.63, 3.8) is 0 Å². The van der Waals surface area contributed by atoms with Gasteiger partial charge >= 0.3 is 6.09 Å². The predicted octanol–water partition coefficient (Wildman–Crippen LogP) is 2.14. The number of amides is 1. The van der Waals surface area contributed by atoms with Crippen LogP contribution in [0.1, 0.15) is 17.2 Å². The summed E-state index contributed by atoms with van der Waals surface area (Å²) in [6, 6.07) is 4.63. The van der Waals surface area contributed by atoms with Gasteiger partial charge in [0.2, 0.25) is 0 Å². The molecule has 0 radical (unpaired) electrons. The third-order valence-corrected chi connectivity index (χ3v) is 3.23. The fourth-order valence-corrected chi connectivity index (χ4v) is 2.38. The first-order chi connectivity index (χ1) is 8.69. The molecule has 18 heavy (non-hydrogen) atoms. The van der Waals surface area contributed by atoms with E-state index in [1.165, 1.54) is 13.2 Å². The largest absolute Gasteiger partial charge is 0.453 e. The number of carbonyl (C=O) groups excluding carboxylic acids is 1. The molecule has 0 saturated heterocycles. The maximum absolute atomic E-state index is 13.7. The van der Waals surface area contributed by atoms with Gasteiger partial charge in [-0.05, 0) is 23.6 Å². The molecular formula is C13H16FNO3. The monoisotopic (exact) mass is 253 g/mol. The van der Waals surface area contributed by atoms with Crippen LogP contribution in [-0.2, 0) is 15.9 Å². The van der Waals surface area contributed by atoms with Gasteiger partial charge in [-0.1, -0.05) is 12.1 Å². The van der Waals surface area contributed by atoms with E-state index < -0.39 is 6.09 Å². The molecule has 4 nitrogen and oxygen atoms in total. The van der Waals surface area contributed by atoms with Gasteiger partial charge in [0.25, 0.3) is 0 Å². The molecule has 0 fully saturated rings. The van der Waals surface area contributed by atoms with E-state index in [0.29, 0.717) is 25.1 Å². The second kappa shape index (κ2) is 5.35. The van der Waals surface area contributed by atoms with Crippen LogP contribution in [0.2, 0.25) is 0 Å². The molecule has 98 valence electrons. The lowest BCUT2D eigenvalue weighted by Gasteiger charge is -2.35. The van der Waals surface area contributed by atoms with E-state index in [9.17, 15) is 9.18 Å². The van der Waals surface area contributed by atoms with Crippen LogP contribution in [-0.4, -0.2) is 38.4 Å².